The average molecular weight is 421 g/mol. The van der Waals surface area contributed by atoms with Crippen LogP contribution >= 0.6 is 0 Å². The average Bonchev–Trinajstić information content (AvgIpc) is 3.19. The van der Waals surface area contributed by atoms with Gasteiger partial charge in [0.15, 0.2) is 17.2 Å². The van der Waals surface area contributed by atoms with Crippen molar-refractivity contribution in [2.24, 2.45) is 0 Å². The largest absolute Gasteiger partial charge is 0.486 e. The molecule has 0 unspecified atom stereocenters. The summed E-state index contributed by atoms with van der Waals surface area (Å²) in [6.45, 7) is 1.61. The molecule has 2 heterocycles. The van der Waals surface area contributed by atoms with Crippen LogP contribution in [-0.4, -0.2) is 35.4 Å². The fourth-order valence-electron chi connectivity index (χ4n) is 4.22. The first kappa shape index (κ1) is 19.6. The molecule has 1 amide bonds. The second-order valence-electron chi connectivity index (χ2n) is 7.85. The number of halogens is 1. The van der Waals surface area contributed by atoms with Gasteiger partial charge in [-0.15, -0.1) is 0 Å². The molecule has 2 aromatic carbocycles. The molecule has 1 aliphatic heterocycles. The number of amides is 1. The van der Waals surface area contributed by atoms with E-state index < -0.39 is 0 Å². The minimum atomic E-state index is -0.290. The van der Waals surface area contributed by atoms with E-state index >= 15 is 0 Å². The van der Waals surface area contributed by atoms with E-state index in [1.54, 1.807) is 16.8 Å². The molecule has 7 heteroatoms. The summed E-state index contributed by atoms with van der Waals surface area (Å²) < 4.78 is 26.3. The van der Waals surface area contributed by atoms with Crippen LogP contribution in [0.5, 0.6) is 11.5 Å². The van der Waals surface area contributed by atoms with Crippen molar-refractivity contribution < 1.29 is 18.7 Å². The molecule has 0 atom stereocenters. The van der Waals surface area contributed by atoms with Gasteiger partial charge in [0.2, 0.25) is 0 Å². The maximum atomic E-state index is 13.3. The summed E-state index contributed by atoms with van der Waals surface area (Å²) in [5.74, 6) is 1.05. The molecule has 0 radical (unpaired) electrons. The normalized spacial score (nSPS) is 14.7. The van der Waals surface area contributed by atoms with Crippen LogP contribution in [0.2, 0.25) is 0 Å². The van der Waals surface area contributed by atoms with Gasteiger partial charge in [0.1, 0.15) is 19.0 Å². The molecule has 2 aliphatic rings. The van der Waals surface area contributed by atoms with Gasteiger partial charge in [0, 0.05) is 17.8 Å². The number of fused-ring (bicyclic) bond motifs is 2. The Bertz CT molecular complexity index is 1110. The maximum absolute atomic E-state index is 13.3. The number of nitrogens with one attached hydrogen (secondary N) is 1. The Morgan fingerprint density at radius 3 is 2.65 bits per heavy atom. The van der Waals surface area contributed by atoms with Crippen LogP contribution in [0.1, 0.15) is 40.2 Å². The van der Waals surface area contributed by atoms with E-state index in [4.69, 9.17) is 9.47 Å². The number of hydrogen-bond acceptors (Lipinski definition) is 4. The van der Waals surface area contributed by atoms with Crippen LogP contribution in [0.25, 0.3) is 5.69 Å². The highest BCUT2D eigenvalue weighted by molar-refractivity contribution is 5.94. The van der Waals surface area contributed by atoms with Crippen molar-refractivity contribution in [3.05, 3.63) is 70.8 Å². The number of carbonyl (C=O) groups excluding carboxylic acids is 1. The molecule has 1 N–H and O–H groups in total. The number of nitrogens with zero attached hydrogens (tertiary/aromatic N) is 2. The highest BCUT2D eigenvalue weighted by Gasteiger charge is 2.25. The van der Waals surface area contributed by atoms with Crippen LogP contribution in [-0.2, 0) is 19.3 Å². The van der Waals surface area contributed by atoms with Gasteiger partial charge in [-0.05, 0) is 74.1 Å². The molecule has 31 heavy (non-hydrogen) atoms. The standard InChI is InChI=1S/C24H24FN3O3/c25-17-6-8-18(9-7-17)28-20-4-2-1-3-19(20)23(27-28)24(29)26-12-11-16-5-10-21-22(15-16)31-14-13-30-21/h5-10,15H,1-4,11-14H2,(H,26,29). The third kappa shape index (κ3) is 4.00. The van der Waals surface area contributed by atoms with Crippen LogP contribution in [0.15, 0.2) is 42.5 Å². The number of carbonyl (C=O) groups is 1. The van der Waals surface area contributed by atoms with E-state index in [2.05, 4.69) is 10.4 Å². The van der Waals surface area contributed by atoms with E-state index in [1.165, 1.54) is 12.1 Å². The van der Waals surface area contributed by atoms with Crippen LogP contribution < -0.4 is 14.8 Å². The molecular weight excluding hydrogens is 397 g/mol. The fraction of sp³-hybridized carbons (Fsp3) is 0.333. The number of rotatable bonds is 5. The van der Waals surface area contributed by atoms with Crippen molar-refractivity contribution in [2.45, 2.75) is 32.1 Å². The molecule has 1 aliphatic carbocycles. The summed E-state index contributed by atoms with van der Waals surface area (Å²) in [5.41, 5.74) is 4.38. The molecular formula is C24H24FN3O3. The molecule has 0 saturated heterocycles. The molecule has 160 valence electrons. The summed E-state index contributed by atoms with van der Waals surface area (Å²) in [6, 6.07) is 12.1. The molecule has 0 spiro atoms. The summed E-state index contributed by atoms with van der Waals surface area (Å²) in [5, 5.41) is 7.63. The molecule has 1 aromatic heterocycles. The Kier molecular flexibility index (Phi) is 5.32. The van der Waals surface area contributed by atoms with Crippen LogP contribution in [0, 0.1) is 5.82 Å². The number of hydrogen-bond donors (Lipinski definition) is 1. The van der Waals surface area contributed by atoms with Crippen molar-refractivity contribution in [3.8, 4) is 17.2 Å². The lowest BCUT2D eigenvalue weighted by Gasteiger charge is -2.18. The molecule has 0 saturated carbocycles. The van der Waals surface area contributed by atoms with Crippen LogP contribution in [0.3, 0.4) is 0 Å². The highest BCUT2D eigenvalue weighted by Crippen LogP contribution is 2.31. The van der Waals surface area contributed by atoms with Crippen LogP contribution in [0.4, 0.5) is 4.39 Å². The summed E-state index contributed by atoms with van der Waals surface area (Å²) in [4.78, 5) is 12.9. The monoisotopic (exact) mass is 421 g/mol. The third-order valence-corrected chi connectivity index (χ3v) is 5.77. The Morgan fingerprint density at radius 2 is 1.81 bits per heavy atom. The predicted octanol–water partition coefficient (Wildman–Crippen LogP) is 3.63. The Hall–Kier alpha value is -3.35. The Labute approximate surface area is 180 Å². The van der Waals surface area contributed by atoms with Gasteiger partial charge in [-0.1, -0.05) is 6.07 Å². The SMILES string of the molecule is O=C(NCCc1ccc2c(c1)OCCO2)c1nn(-c2ccc(F)cc2)c2c1CCCC2. The lowest BCUT2D eigenvalue weighted by Crippen LogP contribution is -2.27. The molecule has 5 rings (SSSR count). The second kappa shape index (κ2) is 8.41. The summed E-state index contributed by atoms with van der Waals surface area (Å²) in [7, 11) is 0. The highest BCUT2D eigenvalue weighted by atomic mass is 19.1. The summed E-state index contributed by atoms with van der Waals surface area (Å²) >= 11 is 0. The summed E-state index contributed by atoms with van der Waals surface area (Å²) in [6.07, 6.45) is 4.49. The zero-order valence-corrected chi connectivity index (χ0v) is 17.2. The fourth-order valence-corrected chi connectivity index (χ4v) is 4.22. The second-order valence-corrected chi connectivity index (χ2v) is 7.85. The first-order valence-corrected chi connectivity index (χ1v) is 10.7. The number of benzene rings is 2. The third-order valence-electron chi connectivity index (χ3n) is 5.77. The maximum Gasteiger partial charge on any atom is 0.272 e. The number of aromatic nitrogens is 2. The van der Waals surface area contributed by atoms with E-state index in [0.717, 1.165) is 59.7 Å². The zero-order chi connectivity index (χ0) is 21.2. The van der Waals surface area contributed by atoms with Crippen molar-refractivity contribution in [1.29, 1.82) is 0 Å². The first-order valence-electron chi connectivity index (χ1n) is 10.7. The van der Waals surface area contributed by atoms with Gasteiger partial charge < -0.3 is 14.8 Å². The van der Waals surface area contributed by atoms with E-state index in [9.17, 15) is 9.18 Å². The van der Waals surface area contributed by atoms with E-state index in [-0.39, 0.29) is 11.7 Å². The van der Waals surface area contributed by atoms with Gasteiger partial charge in [0.05, 0.1) is 5.69 Å². The molecule has 3 aromatic rings. The lowest BCUT2D eigenvalue weighted by molar-refractivity contribution is 0.0947. The predicted molar refractivity (Wildman–Crippen MR) is 114 cm³/mol. The van der Waals surface area contributed by atoms with Gasteiger partial charge >= 0.3 is 0 Å². The van der Waals surface area contributed by atoms with Crippen molar-refractivity contribution in [2.75, 3.05) is 19.8 Å². The van der Waals surface area contributed by atoms with E-state index in [1.807, 2.05) is 18.2 Å². The number of ether oxygens (including phenoxy) is 2. The van der Waals surface area contributed by atoms with Crippen molar-refractivity contribution >= 4 is 5.91 Å². The first-order chi connectivity index (χ1) is 15.2. The van der Waals surface area contributed by atoms with Gasteiger partial charge in [-0.3, -0.25) is 4.79 Å². The van der Waals surface area contributed by atoms with Crippen molar-refractivity contribution in [3.63, 3.8) is 0 Å². The lowest BCUT2D eigenvalue weighted by atomic mass is 9.95. The van der Waals surface area contributed by atoms with Gasteiger partial charge in [-0.2, -0.15) is 5.10 Å². The smallest absolute Gasteiger partial charge is 0.272 e. The minimum absolute atomic E-state index is 0.170. The molecule has 6 nitrogen and oxygen atoms in total. The van der Waals surface area contributed by atoms with Crippen molar-refractivity contribution in [1.82, 2.24) is 15.1 Å². The Balaban J connectivity index is 1.31. The molecule has 0 bridgehead atoms. The zero-order valence-electron chi connectivity index (χ0n) is 17.2. The van der Waals surface area contributed by atoms with Gasteiger partial charge in [0.25, 0.3) is 5.91 Å². The quantitative estimate of drug-likeness (QED) is 0.683. The molecule has 0 fully saturated rings. The Morgan fingerprint density at radius 1 is 1.03 bits per heavy atom. The van der Waals surface area contributed by atoms with E-state index in [0.29, 0.717) is 31.9 Å². The topological polar surface area (TPSA) is 65.4 Å². The van der Waals surface area contributed by atoms with Gasteiger partial charge in [-0.25, -0.2) is 9.07 Å². The minimum Gasteiger partial charge on any atom is -0.486 e.